The molecule has 0 aliphatic carbocycles. The number of hydrogen-bond acceptors (Lipinski definition) is 4. The average molecular weight is 606 g/mol. The van der Waals surface area contributed by atoms with Crippen molar-refractivity contribution in [1.29, 1.82) is 0 Å². The fourth-order valence-electron chi connectivity index (χ4n) is 4.03. The summed E-state index contributed by atoms with van der Waals surface area (Å²) >= 11 is 0. The minimum absolute atomic E-state index is 0.190. The van der Waals surface area contributed by atoms with Crippen LogP contribution in [0.15, 0.2) is 60.7 Å². The van der Waals surface area contributed by atoms with Crippen molar-refractivity contribution in [2.45, 2.75) is 24.6 Å². The third kappa shape index (κ3) is 10.4. The zero-order valence-corrected chi connectivity index (χ0v) is 23.2. The van der Waals surface area contributed by atoms with Gasteiger partial charge in [0.15, 0.2) is 0 Å². The Kier molecular flexibility index (Phi) is 9.24. The smallest absolute Gasteiger partial charge is 0.324 e. The first-order chi connectivity index (χ1) is 17.2. The highest BCUT2D eigenvalue weighted by atomic mass is 31.2. The maximum atomic E-state index is 11.5. The van der Waals surface area contributed by atoms with Crippen LogP contribution in [0.2, 0.25) is 0 Å². The van der Waals surface area contributed by atoms with Crippen LogP contribution in [0.4, 0.5) is 0 Å². The summed E-state index contributed by atoms with van der Waals surface area (Å²) in [4.78, 5) is 74.9. The molecule has 0 atom stereocenters. The van der Waals surface area contributed by atoms with Crippen LogP contribution in [-0.2, 0) is 42.9 Å². The van der Waals surface area contributed by atoms with E-state index in [0.717, 1.165) is 0 Å². The van der Waals surface area contributed by atoms with Gasteiger partial charge in [0.05, 0.1) is 24.6 Å². The minimum Gasteiger partial charge on any atom is -0.324 e. The van der Waals surface area contributed by atoms with Crippen molar-refractivity contribution in [2.24, 2.45) is 0 Å². The predicted octanol–water partition coefficient (Wildman–Crippen LogP) is 3.73. The molecule has 206 valence electrons. The Hall–Kier alpha value is -1.74. The maximum absolute atomic E-state index is 11.5. The fourth-order valence-corrected chi connectivity index (χ4v) is 6.66. The minimum atomic E-state index is -4.46. The molecule has 0 aliphatic rings. The molecule has 0 amide bonds. The van der Waals surface area contributed by atoms with Gasteiger partial charge in [-0.2, -0.15) is 0 Å². The first-order valence-corrected chi connectivity index (χ1v) is 18.0. The maximum Gasteiger partial charge on any atom is 0.329 e. The average Bonchev–Trinajstić information content (AvgIpc) is 2.68. The second-order valence-electron chi connectivity index (χ2n) is 8.94. The van der Waals surface area contributed by atoms with Crippen LogP contribution in [0.25, 0.3) is 22.3 Å². The van der Waals surface area contributed by atoms with Gasteiger partial charge in [-0.3, -0.25) is 18.3 Å². The Morgan fingerprint density at radius 2 is 0.579 bits per heavy atom. The van der Waals surface area contributed by atoms with Gasteiger partial charge < -0.3 is 39.1 Å². The van der Waals surface area contributed by atoms with Crippen LogP contribution in [-0.4, -0.2) is 39.1 Å². The van der Waals surface area contributed by atoms with E-state index in [9.17, 15) is 57.4 Å². The molecule has 0 spiro atoms. The van der Waals surface area contributed by atoms with Gasteiger partial charge in [0.25, 0.3) is 0 Å². The molecule has 0 aromatic heterocycles. The van der Waals surface area contributed by atoms with Crippen molar-refractivity contribution in [3.8, 4) is 22.3 Å². The Bertz CT molecular complexity index is 1310. The van der Waals surface area contributed by atoms with Crippen LogP contribution in [0.1, 0.15) is 22.3 Å². The molecule has 0 bridgehead atoms. The normalized spacial score (nSPS) is 13.1. The molecule has 8 N–H and O–H groups in total. The van der Waals surface area contributed by atoms with Gasteiger partial charge in [0.1, 0.15) is 0 Å². The molecule has 0 aliphatic heterocycles. The lowest BCUT2D eigenvalue weighted by molar-refractivity contribution is 0.368. The van der Waals surface area contributed by atoms with Gasteiger partial charge in [-0.1, -0.05) is 60.7 Å². The SMILES string of the molecule is O=P(O)(O)Cc1cc(CP(=O)(O)O)cc(-c2ccc(-c3cc(CP(=O)(O)O)cc(CP(=O)(O)O)c3)cc2)c1. The van der Waals surface area contributed by atoms with E-state index in [-0.39, 0.29) is 22.3 Å². The second-order valence-corrected chi connectivity index (χ2v) is 15.5. The van der Waals surface area contributed by atoms with E-state index < -0.39 is 55.0 Å². The second kappa shape index (κ2) is 11.4. The zero-order valence-electron chi connectivity index (χ0n) is 19.6. The van der Waals surface area contributed by atoms with E-state index in [0.29, 0.717) is 22.3 Å². The molecule has 3 rings (SSSR count). The first-order valence-electron chi connectivity index (χ1n) is 10.8. The van der Waals surface area contributed by atoms with E-state index in [4.69, 9.17) is 0 Å². The summed E-state index contributed by atoms with van der Waals surface area (Å²) < 4.78 is 46.1. The molecule has 0 unspecified atom stereocenters. The van der Waals surface area contributed by atoms with Crippen molar-refractivity contribution in [2.75, 3.05) is 0 Å². The molecule has 0 saturated carbocycles. The van der Waals surface area contributed by atoms with Crippen molar-refractivity contribution < 1.29 is 57.4 Å². The van der Waals surface area contributed by atoms with E-state index >= 15 is 0 Å². The van der Waals surface area contributed by atoms with Gasteiger partial charge in [0.2, 0.25) is 0 Å². The van der Waals surface area contributed by atoms with Crippen LogP contribution < -0.4 is 0 Å². The summed E-state index contributed by atoms with van der Waals surface area (Å²) in [5, 5.41) is 0. The van der Waals surface area contributed by atoms with Gasteiger partial charge >= 0.3 is 30.4 Å². The molecular weight excluding hydrogens is 580 g/mol. The molecule has 38 heavy (non-hydrogen) atoms. The predicted molar refractivity (Wildman–Crippen MR) is 140 cm³/mol. The standard InChI is InChI=1S/C22H26O12P4/c23-35(24,25)11-15-5-16(12-36(26,27)28)8-21(7-15)19-1-2-20(4-3-19)22-9-17(13-37(29,30)31)6-18(10-22)14-38(32,33)34/h1-10H,11-14H2,(H2,23,24,25)(H2,26,27,28)(H2,29,30,31)(H2,32,33,34). The zero-order chi connectivity index (χ0) is 28.5. The van der Waals surface area contributed by atoms with E-state index in [1.807, 2.05) is 0 Å². The quantitative estimate of drug-likeness (QED) is 0.154. The number of benzene rings is 3. The van der Waals surface area contributed by atoms with E-state index in [1.54, 1.807) is 24.3 Å². The monoisotopic (exact) mass is 606 g/mol. The van der Waals surface area contributed by atoms with Crippen LogP contribution in [0.3, 0.4) is 0 Å². The van der Waals surface area contributed by atoms with Crippen molar-refractivity contribution in [1.82, 2.24) is 0 Å². The van der Waals surface area contributed by atoms with Gasteiger partial charge in [-0.25, -0.2) is 0 Å². The van der Waals surface area contributed by atoms with E-state index in [1.165, 1.54) is 36.4 Å². The van der Waals surface area contributed by atoms with Gasteiger partial charge in [-0.15, -0.1) is 0 Å². The van der Waals surface area contributed by atoms with Crippen LogP contribution in [0, 0.1) is 0 Å². The topological polar surface area (TPSA) is 230 Å². The molecule has 0 heterocycles. The summed E-state index contributed by atoms with van der Waals surface area (Å²) in [6.07, 6.45) is -2.49. The third-order valence-electron chi connectivity index (χ3n) is 5.21. The summed E-state index contributed by atoms with van der Waals surface area (Å²) in [6, 6.07) is 15.2. The van der Waals surface area contributed by atoms with Gasteiger partial charge in [-0.05, 0) is 44.5 Å². The molecule has 12 nitrogen and oxygen atoms in total. The third-order valence-corrected chi connectivity index (χ3v) is 8.32. The van der Waals surface area contributed by atoms with Crippen molar-refractivity contribution in [3.63, 3.8) is 0 Å². The highest BCUT2D eigenvalue weighted by Crippen LogP contribution is 2.45. The van der Waals surface area contributed by atoms with Crippen LogP contribution >= 0.6 is 30.4 Å². The summed E-state index contributed by atoms with van der Waals surface area (Å²) in [5.74, 6) is 0. The number of hydrogen-bond donors (Lipinski definition) is 8. The van der Waals surface area contributed by atoms with Crippen molar-refractivity contribution >= 4 is 30.4 Å². The summed E-state index contributed by atoms with van der Waals surface area (Å²) in [5.41, 5.74) is 2.76. The first kappa shape index (κ1) is 30.8. The van der Waals surface area contributed by atoms with E-state index in [2.05, 4.69) is 0 Å². The lowest BCUT2D eigenvalue weighted by Crippen LogP contribution is -1.95. The molecule has 3 aromatic rings. The lowest BCUT2D eigenvalue weighted by atomic mass is 9.96. The molecular formula is C22H26O12P4. The molecule has 0 radical (unpaired) electrons. The lowest BCUT2D eigenvalue weighted by Gasteiger charge is -2.14. The Balaban J connectivity index is 2.04. The Morgan fingerprint density at radius 1 is 0.368 bits per heavy atom. The van der Waals surface area contributed by atoms with Crippen molar-refractivity contribution in [3.05, 3.63) is 82.9 Å². The molecule has 3 aromatic carbocycles. The fraction of sp³-hybridized carbons (Fsp3) is 0.182. The van der Waals surface area contributed by atoms with Crippen LogP contribution in [0.5, 0.6) is 0 Å². The molecule has 0 saturated heterocycles. The van der Waals surface area contributed by atoms with Gasteiger partial charge in [0, 0.05) is 0 Å². The largest absolute Gasteiger partial charge is 0.329 e. The summed E-state index contributed by atoms with van der Waals surface area (Å²) in [7, 11) is -17.9. The number of rotatable bonds is 10. The Labute approximate surface area is 217 Å². The highest BCUT2D eigenvalue weighted by Gasteiger charge is 2.21. The molecule has 0 fully saturated rings. The highest BCUT2D eigenvalue weighted by molar-refractivity contribution is 7.51. The summed E-state index contributed by atoms with van der Waals surface area (Å²) in [6.45, 7) is 0. The Morgan fingerprint density at radius 3 is 0.763 bits per heavy atom. The molecule has 16 heteroatoms.